The van der Waals surface area contributed by atoms with Gasteiger partial charge >= 0.3 is 5.97 Å². The summed E-state index contributed by atoms with van der Waals surface area (Å²) in [5, 5.41) is 0. The molecule has 0 bridgehead atoms. The average Bonchev–Trinajstić information content (AvgIpc) is 3.52. The molecule has 1 aromatic carbocycles. The zero-order valence-corrected chi connectivity index (χ0v) is 20.7. The molecule has 5 rings (SSSR count). The molecule has 35 heavy (non-hydrogen) atoms. The zero-order chi connectivity index (χ0) is 24.3. The van der Waals surface area contributed by atoms with E-state index >= 15 is 0 Å². The van der Waals surface area contributed by atoms with Crippen LogP contribution >= 0.6 is 0 Å². The Morgan fingerprint density at radius 1 is 1.11 bits per heavy atom. The van der Waals surface area contributed by atoms with Crippen LogP contribution in [0.5, 0.6) is 0 Å². The van der Waals surface area contributed by atoms with E-state index in [2.05, 4.69) is 18.8 Å². The lowest BCUT2D eigenvalue weighted by Gasteiger charge is -2.38. The van der Waals surface area contributed by atoms with Crippen molar-refractivity contribution in [2.24, 2.45) is 23.2 Å². The van der Waals surface area contributed by atoms with Gasteiger partial charge in [0.1, 0.15) is 6.10 Å². The highest BCUT2D eigenvalue weighted by Gasteiger charge is 2.57. The number of benzene rings is 1. The molecule has 186 valence electrons. The predicted octanol–water partition coefficient (Wildman–Crippen LogP) is 5.49. The number of rotatable bonds is 7. The van der Waals surface area contributed by atoms with E-state index in [1.54, 1.807) is 18.2 Å². The maximum absolute atomic E-state index is 13.3. The van der Waals surface area contributed by atoms with Gasteiger partial charge in [0.15, 0.2) is 11.6 Å². The molecule has 5 nitrogen and oxygen atoms in total. The third kappa shape index (κ3) is 4.97. The first-order valence-electron chi connectivity index (χ1n) is 13.3. The Bertz CT molecular complexity index is 1010. The molecule has 1 saturated heterocycles. The molecule has 4 atom stereocenters. The van der Waals surface area contributed by atoms with E-state index in [1.807, 2.05) is 24.3 Å². The van der Waals surface area contributed by atoms with E-state index in [0.717, 1.165) is 51.4 Å². The number of allylic oxidation sites excluding steroid dienone is 1. The lowest BCUT2D eigenvalue weighted by Crippen LogP contribution is -2.37. The topological polar surface area (TPSA) is 61.8 Å². The van der Waals surface area contributed by atoms with Crippen molar-refractivity contribution in [2.45, 2.75) is 76.6 Å². The van der Waals surface area contributed by atoms with Crippen molar-refractivity contribution >= 4 is 11.8 Å². The Morgan fingerprint density at radius 3 is 2.57 bits per heavy atom. The molecule has 1 aromatic rings. The van der Waals surface area contributed by atoms with Crippen LogP contribution in [0, 0.1) is 35.0 Å². The zero-order valence-electron chi connectivity index (χ0n) is 20.7. The molecular formula is C30H36O5. The lowest BCUT2D eigenvalue weighted by molar-refractivity contribution is -0.157. The maximum atomic E-state index is 13.3. The summed E-state index contributed by atoms with van der Waals surface area (Å²) in [4.78, 5) is 26.2. The number of hydrogen-bond donors (Lipinski definition) is 0. The molecule has 0 N–H and O–H groups in total. The van der Waals surface area contributed by atoms with Crippen molar-refractivity contribution in [3.05, 3.63) is 48.0 Å². The van der Waals surface area contributed by atoms with Crippen LogP contribution in [0.4, 0.5) is 0 Å². The monoisotopic (exact) mass is 476 g/mol. The minimum absolute atomic E-state index is 0.0212. The van der Waals surface area contributed by atoms with Gasteiger partial charge in [0.05, 0.1) is 18.8 Å². The van der Waals surface area contributed by atoms with Crippen LogP contribution in [-0.4, -0.2) is 36.9 Å². The standard InChI is InChI=1S/C30H36O5/c1-2-3-4-8-14-29(15-9-16-29)27(31)13-12-24-25-21-30(33-17-18-34-30)20-23(25)19-26(24)35-28(32)22-10-6-5-7-11-22/h5-7,10-13,23-26H,2-3,9,14-21H2,1H3/b13-12+/t23-,24-,25+,26-/m1/s1. The number of ketones is 1. The molecular weight excluding hydrogens is 440 g/mol. The first-order chi connectivity index (χ1) is 17.0. The molecule has 4 fully saturated rings. The molecule has 3 saturated carbocycles. The summed E-state index contributed by atoms with van der Waals surface area (Å²) in [6.45, 7) is 3.38. The quantitative estimate of drug-likeness (QED) is 0.296. The van der Waals surface area contributed by atoms with Crippen molar-refractivity contribution in [1.29, 1.82) is 0 Å². The third-order valence-corrected chi connectivity index (χ3v) is 8.50. The van der Waals surface area contributed by atoms with Crippen LogP contribution in [-0.2, 0) is 19.0 Å². The second-order valence-electron chi connectivity index (χ2n) is 10.7. The summed E-state index contributed by atoms with van der Waals surface area (Å²) in [6.07, 6.45) is 11.4. The molecule has 1 spiro atoms. The second-order valence-corrected chi connectivity index (χ2v) is 10.7. The first kappa shape index (κ1) is 24.3. The highest BCUT2D eigenvalue weighted by Crippen LogP contribution is 2.55. The van der Waals surface area contributed by atoms with Gasteiger partial charge in [0.25, 0.3) is 0 Å². The largest absolute Gasteiger partial charge is 0.458 e. The van der Waals surface area contributed by atoms with Crippen LogP contribution < -0.4 is 0 Å². The van der Waals surface area contributed by atoms with E-state index in [4.69, 9.17) is 14.2 Å². The predicted molar refractivity (Wildman–Crippen MR) is 132 cm³/mol. The maximum Gasteiger partial charge on any atom is 0.338 e. The fourth-order valence-corrected chi connectivity index (χ4v) is 6.44. The summed E-state index contributed by atoms with van der Waals surface area (Å²) in [5.74, 6) is 6.43. The minimum Gasteiger partial charge on any atom is -0.458 e. The van der Waals surface area contributed by atoms with Crippen LogP contribution in [0.25, 0.3) is 0 Å². The lowest BCUT2D eigenvalue weighted by atomic mass is 9.64. The van der Waals surface area contributed by atoms with Crippen LogP contribution in [0.2, 0.25) is 0 Å². The van der Waals surface area contributed by atoms with E-state index < -0.39 is 5.79 Å². The molecule has 1 aliphatic heterocycles. The number of carbonyl (C=O) groups is 2. The summed E-state index contributed by atoms with van der Waals surface area (Å²) in [6, 6.07) is 9.13. The number of esters is 1. The fraction of sp³-hybridized carbons (Fsp3) is 0.600. The number of hydrogen-bond acceptors (Lipinski definition) is 5. The minimum atomic E-state index is -0.496. The van der Waals surface area contributed by atoms with Crippen molar-refractivity contribution in [1.82, 2.24) is 0 Å². The molecule has 0 amide bonds. The molecule has 4 aliphatic rings. The number of carbonyl (C=O) groups excluding carboxylic acids is 2. The van der Waals surface area contributed by atoms with Crippen LogP contribution in [0.3, 0.4) is 0 Å². The number of fused-ring (bicyclic) bond motifs is 1. The van der Waals surface area contributed by atoms with Crippen molar-refractivity contribution in [3.8, 4) is 11.8 Å². The van der Waals surface area contributed by atoms with Crippen LogP contribution in [0.1, 0.15) is 75.1 Å². The second kappa shape index (κ2) is 10.3. The van der Waals surface area contributed by atoms with E-state index in [9.17, 15) is 9.59 Å². The molecule has 0 aromatic heterocycles. The van der Waals surface area contributed by atoms with E-state index in [-0.39, 0.29) is 35.1 Å². The van der Waals surface area contributed by atoms with Gasteiger partial charge in [0.2, 0.25) is 0 Å². The summed E-state index contributed by atoms with van der Waals surface area (Å²) >= 11 is 0. The molecule has 0 unspecified atom stereocenters. The van der Waals surface area contributed by atoms with Crippen molar-refractivity contribution in [3.63, 3.8) is 0 Å². The van der Waals surface area contributed by atoms with E-state index in [0.29, 0.717) is 31.1 Å². The van der Waals surface area contributed by atoms with Gasteiger partial charge in [-0.25, -0.2) is 4.79 Å². The van der Waals surface area contributed by atoms with Crippen molar-refractivity contribution < 1.29 is 23.8 Å². The Kier molecular flexibility index (Phi) is 7.14. The van der Waals surface area contributed by atoms with Gasteiger partial charge in [-0.15, -0.1) is 11.8 Å². The van der Waals surface area contributed by atoms with Gasteiger partial charge < -0.3 is 14.2 Å². The summed E-state index contributed by atoms with van der Waals surface area (Å²) in [7, 11) is 0. The average molecular weight is 477 g/mol. The summed E-state index contributed by atoms with van der Waals surface area (Å²) in [5.41, 5.74) is 0.224. The van der Waals surface area contributed by atoms with Gasteiger partial charge in [0, 0.05) is 37.0 Å². The fourth-order valence-electron chi connectivity index (χ4n) is 6.44. The van der Waals surface area contributed by atoms with Crippen molar-refractivity contribution in [2.75, 3.05) is 13.2 Å². The molecule has 0 radical (unpaired) electrons. The Hall–Kier alpha value is -2.42. The number of unbranched alkanes of at least 4 members (excludes halogenated alkanes) is 1. The third-order valence-electron chi connectivity index (χ3n) is 8.50. The van der Waals surface area contributed by atoms with E-state index in [1.165, 1.54) is 0 Å². The molecule has 1 heterocycles. The molecule has 3 aliphatic carbocycles. The normalized spacial score (nSPS) is 30.0. The Balaban J connectivity index is 1.32. The van der Waals surface area contributed by atoms with Gasteiger partial charge in [-0.2, -0.15) is 0 Å². The summed E-state index contributed by atoms with van der Waals surface area (Å²) < 4.78 is 18.1. The number of ether oxygens (including phenoxy) is 3. The first-order valence-corrected chi connectivity index (χ1v) is 13.3. The smallest absolute Gasteiger partial charge is 0.338 e. The highest BCUT2D eigenvalue weighted by molar-refractivity contribution is 5.95. The SMILES string of the molecule is CCCC#CCC1(C(=O)/C=C/[C@@H]2[C@H]3CC4(C[C@H]3C[C@H]2OC(=O)c2ccccc2)OCCO4)CCC1. The Morgan fingerprint density at radius 2 is 1.89 bits per heavy atom. The van der Waals surface area contributed by atoms with Gasteiger partial charge in [-0.1, -0.05) is 37.6 Å². The van der Waals surface area contributed by atoms with Gasteiger partial charge in [-0.05, 0) is 55.7 Å². The Labute approximate surface area is 208 Å². The van der Waals surface area contributed by atoms with Crippen LogP contribution in [0.15, 0.2) is 42.5 Å². The highest BCUT2D eigenvalue weighted by atomic mass is 16.7. The van der Waals surface area contributed by atoms with Gasteiger partial charge in [-0.3, -0.25) is 4.79 Å². The molecule has 5 heteroatoms.